The molecular weight excluding hydrogens is 388 g/mol. The lowest BCUT2D eigenvalue weighted by atomic mass is 9.98. The normalized spacial score (nSPS) is 29.1. The zero-order valence-electron chi connectivity index (χ0n) is 15.9. The first-order valence-electron chi connectivity index (χ1n) is 9.04. The van der Waals surface area contributed by atoms with Crippen LogP contribution in [0.4, 0.5) is 0 Å². The van der Waals surface area contributed by atoms with E-state index in [1.54, 1.807) is 24.3 Å². The molecule has 0 radical (unpaired) electrons. The average Bonchev–Trinajstić information content (AvgIpc) is 2.64. The monoisotopic (exact) mass is 414 g/mol. The van der Waals surface area contributed by atoms with E-state index in [1.165, 1.54) is 6.92 Å². The molecule has 0 aromatic heterocycles. The zero-order valence-corrected chi connectivity index (χ0v) is 15.9. The van der Waals surface area contributed by atoms with Gasteiger partial charge in [0.2, 0.25) is 0 Å². The second-order valence-electron chi connectivity index (χ2n) is 7.24. The van der Waals surface area contributed by atoms with Gasteiger partial charge in [-0.3, -0.25) is 9.59 Å². The number of aliphatic hydroxyl groups is 4. The Morgan fingerprint density at radius 3 is 2.34 bits per heavy atom. The van der Waals surface area contributed by atoms with Crippen molar-refractivity contribution in [2.75, 3.05) is 6.61 Å². The Morgan fingerprint density at radius 2 is 1.72 bits per heavy atom. The molecule has 1 aromatic carbocycles. The summed E-state index contributed by atoms with van der Waals surface area (Å²) in [6.45, 7) is 0.774. The minimum absolute atomic E-state index is 0.0793. The predicted octanol–water partition coefficient (Wildman–Crippen LogP) is -0.830. The van der Waals surface area contributed by atoms with Crippen LogP contribution in [-0.2, 0) is 30.4 Å². The first kappa shape index (κ1) is 23.2. The number of aliphatic hydroxyl groups excluding tert-OH is 3. The molecule has 29 heavy (non-hydrogen) atoms. The molecule has 0 aliphatic carbocycles. The molecule has 1 saturated heterocycles. The van der Waals surface area contributed by atoms with Gasteiger partial charge in [0, 0.05) is 0 Å². The number of benzene rings is 1. The number of ether oxygens (including phenoxy) is 3. The Morgan fingerprint density at radius 1 is 1.07 bits per heavy atom. The largest absolute Gasteiger partial charge is 0.481 e. The molecule has 0 amide bonds. The number of hydrogen-bond donors (Lipinski definition) is 5. The molecule has 0 bridgehead atoms. The summed E-state index contributed by atoms with van der Waals surface area (Å²) in [5, 5.41) is 48.8. The van der Waals surface area contributed by atoms with Crippen molar-refractivity contribution < 1.29 is 49.3 Å². The van der Waals surface area contributed by atoms with Crippen LogP contribution in [0.1, 0.15) is 25.3 Å². The summed E-state index contributed by atoms with van der Waals surface area (Å²) in [4.78, 5) is 22.6. The third-order valence-corrected chi connectivity index (χ3v) is 4.39. The standard InChI is InChI=1S/C19H26O10/c1-19(26,7-13(20)21)8-14(22)27-10-12-15(23)16(24)17(25)18(29-12)28-9-11-5-3-2-4-6-11/h2-6,12,15-18,23-26H,7-10H2,1H3,(H,20,21)/t12-,15+,16+,17+,18-,19-/m1/s1. The third-order valence-electron chi connectivity index (χ3n) is 4.39. The predicted molar refractivity (Wildman–Crippen MR) is 96.4 cm³/mol. The molecule has 10 nitrogen and oxygen atoms in total. The second-order valence-corrected chi connectivity index (χ2v) is 7.24. The van der Waals surface area contributed by atoms with Crippen LogP contribution in [0, 0.1) is 0 Å². The quantitative estimate of drug-likeness (QED) is 0.322. The molecule has 1 fully saturated rings. The van der Waals surface area contributed by atoms with Gasteiger partial charge >= 0.3 is 11.9 Å². The van der Waals surface area contributed by atoms with E-state index in [2.05, 4.69) is 0 Å². The van der Waals surface area contributed by atoms with Crippen molar-refractivity contribution in [3.63, 3.8) is 0 Å². The van der Waals surface area contributed by atoms with E-state index in [0.717, 1.165) is 5.56 Å². The number of carbonyl (C=O) groups excluding carboxylic acids is 1. The SMILES string of the molecule is C[C@@](O)(CC(=O)O)CC(=O)OC[C@H]1O[C@@H](OCc2ccccc2)[C@@H](O)[C@@H](O)[C@H]1O. The Bertz CT molecular complexity index is 677. The summed E-state index contributed by atoms with van der Waals surface area (Å²) in [7, 11) is 0. The highest BCUT2D eigenvalue weighted by molar-refractivity contribution is 5.73. The van der Waals surface area contributed by atoms with Crippen LogP contribution >= 0.6 is 0 Å². The van der Waals surface area contributed by atoms with E-state index in [9.17, 15) is 30.0 Å². The summed E-state index contributed by atoms with van der Waals surface area (Å²) >= 11 is 0. The molecule has 10 heteroatoms. The first-order valence-corrected chi connectivity index (χ1v) is 9.04. The Labute approximate surface area is 167 Å². The van der Waals surface area contributed by atoms with Crippen LogP contribution in [0.5, 0.6) is 0 Å². The molecule has 1 aliphatic heterocycles. The Balaban J connectivity index is 1.90. The Kier molecular flexibility index (Phi) is 8.08. The van der Waals surface area contributed by atoms with E-state index in [4.69, 9.17) is 19.3 Å². The van der Waals surface area contributed by atoms with Gasteiger partial charge in [-0.05, 0) is 12.5 Å². The fourth-order valence-corrected chi connectivity index (χ4v) is 2.87. The zero-order chi connectivity index (χ0) is 21.6. The van der Waals surface area contributed by atoms with E-state index >= 15 is 0 Å². The van der Waals surface area contributed by atoms with Crippen molar-refractivity contribution in [2.45, 2.75) is 62.7 Å². The lowest BCUT2D eigenvalue weighted by molar-refractivity contribution is -0.304. The van der Waals surface area contributed by atoms with Crippen LogP contribution in [0.3, 0.4) is 0 Å². The van der Waals surface area contributed by atoms with Crippen molar-refractivity contribution in [1.29, 1.82) is 0 Å². The highest BCUT2D eigenvalue weighted by Crippen LogP contribution is 2.24. The van der Waals surface area contributed by atoms with Crippen molar-refractivity contribution in [3.8, 4) is 0 Å². The maximum atomic E-state index is 11.9. The molecule has 0 saturated carbocycles. The van der Waals surface area contributed by atoms with Crippen LogP contribution in [0.15, 0.2) is 30.3 Å². The number of carboxylic acids is 1. The maximum absolute atomic E-state index is 11.9. The summed E-state index contributed by atoms with van der Waals surface area (Å²) in [6.07, 6.45) is -8.35. The third kappa shape index (κ3) is 7.03. The van der Waals surface area contributed by atoms with Gasteiger partial charge in [-0.25, -0.2) is 0 Å². The molecule has 1 aliphatic rings. The van der Waals surface area contributed by atoms with E-state index in [1.807, 2.05) is 6.07 Å². The summed E-state index contributed by atoms with van der Waals surface area (Å²) in [5.41, 5.74) is -1.00. The fraction of sp³-hybridized carbons (Fsp3) is 0.579. The molecular formula is C19H26O10. The van der Waals surface area contributed by atoms with Gasteiger partial charge in [-0.1, -0.05) is 30.3 Å². The van der Waals surface area contributed by atoms with Crippen LogP contribution in [-0.4, -0.2) is 80.4 Å². The smallest absolute Gasteiger partial charge is 0.308 e. The van der Waals surface area contributed by atoms with Gasteiger partial charge in [-0.2, -0.15) is 0 Å². The number of esters is 1. The van der Waals surface area contributed by atoms with Gasteiger partial charge in [0.05, 0.1) is 25.0 Å². The number of aliphatic carboxylic acids is 1. The minimum atomic E-state index is -1.80. The summed E-state index contributed by atoms with van der Waals surface area (Å²) in [6, 6.07) is 9.02. The highest BCUT2D eigenvalue weighted by Gasteiger charge is 2.45. The van der Waals surface area contributed by atoms with Gasteiger partial charge in [0.1, 0.15) is 31.0 Å². The minimum Gasteiger partial charge on any atom is -0.481 e. The van der Waals surface area contributed by atoms with Crippen LogP contribution in [0.2, 0.25) is 0 Å². The van der Waals surface area contributed by atoms with Crippen molar-refractivity contribution in [1.82, 2.24) is 0 Å². The van der Waals surface area contributed by atoms with Gasteiger partial charge in [0.25, 0.3) is 0 Å². The molecule has 1 heterocycles. The van der Waals surface area contributed by atoms with Crippen molar-refractivity contribution in [2.24, 2.45) is 0 Å². The lowest BCUT2D eigenvalue weighted by Crippen LogP contribution is -2.59. The van der Waals surface area contributed by atoms with Gasteiger partial charge in [0.15, 0.2) is 6.29 Å². The first-order chi connectivity index (χ1) is 13.6. The fourth-order valence-electron chi connectivity index (χ4n) is 2.87. The molecule has 1 aromatic rings. The average molecular weight is 414 g/mol. The van der Waals surface area contributed by atoms with Crippen molar-refractivity contribution in [3.05, 3.63) is 35.9 Å². The lowest BCUT2D eigenvalue weighted by Gasteiger charge is -2.40. The van der Waals surface area contributed by atoms with Crippen molar-refractivity contribution >= 4 is 11.9 Å². The highest BCUT2D eigenvalue weighted by atomic mass is 16.7. The summed E-state index contributed by atoms with van der Waals surface area (Å²) in [5.74, 6) is -2.18. The molecule has 2 rings (SSSR count). The van der Waals surface area contributed by atoms with Crippen LogP contribution < -0.4 is 0 Å². The van der Waals surface area contributed by atoms with E-state index in [0.29, 0.717) is 0 Å². The number of carboxylic acid groups (broad SMARTS) is 1. The van der Waals surface area contributed by atoms with Gasteiger partial charge in [-0.15, -0.1) is 0 Å². The number of carbonyl (C=O) groups is 2. The topological polar surface area (TPSA) is 163 Å². The molecule has 6 atom stereocenters. The maximum Gasteiger partial charge on any atom is 0.308 e. The molecule has 0 unspecified atom stereocenters. The van der Waals surface area contributed by atoms with E-state index in [-0.39, 0.29) is 6.61 Å². The molecule has 5 N–H and O–H groups in total. The van der Waals surface area contributed by atoms with Crippen LogP contribution in [0.25, 0.3) is 0 Å². The number of hydrogen-bond acceptors (Lipinski definition) is 9. The van der Waals surface area contributed by atoms with Gasteiger partial charge < -0.3 is 39.7 Å². The molecule has 0 spiro atoms. The Hall–Kier alpha value is -2.08. The number of rotatable bonds is 9. The molecule has 162 valence electrons. The van der Waals surface area contributed by atoms with E-state index < -0.39 is 67.7 Å². The second kappa shape index (κ2) is 10.1. The summed E-state index contributed by atoms with van der Waals surface area (Å²) < 4.78 is 15.8.